The van der Waals surface area contributed by atoms with Crippen molar-refractivity contribution >= 4 is 5.91 Å². The summed E-state index contributed by atoms with van der Waals surface area (Å²) in [4.78, 5) is 14.0. The van der Waals surface area contributed by atoms with E-state index in [1.165, 1.54) is 0 Å². The van der Waals surface area contributed by atoms with Crippen molar-refractivity contribution in [3.63, 3.8) is 0 Å². The number of nitrogens with two attached hydrogens (primary N) is 1. The first-order chi connectivity index (χ1) is 7.81. The Morgan fingerprint density at radius 2 is 2.06 bits per heavy atom. The molecule has 2 heterocycles. The van der Waals surface area contributed by atoms with Gasteiger partial charge in [-0.1, -0.05) is 0 Å². The van der Waals surface area contributed by atoms with E-state index in [2.05, 4.69) is 0 Å². The highest BCUT2D eigenvalue weighted by molar-refractivity contribution is 5.81. The van der Waals surface area contributed by atoms with Gasteiger partial charge in [0.05, 0.1) is 0 Å². The van der Waals surface area contributed by atoms with Crippen LogP contribution in [0.1, 0.15) is 32.1 Å². The standard InChI is InChI=1S/C12H22N2O2/c13-6-3-10-4-7-14(8-5-10)12(15)11-2-1-9-16-11/h10-11H,1-9,13H2/t11-/m0/s1. The number of hydrogen-bond acceptors (Lipinski definition) is 3. The van der Waals surface area contributed by atoms with Crippen LogP contribution in [0.15, 0.2) is 0 Å². The van der Waals surface area contributed by atoms with Crippen LogP contribution in [-0.4, -0.2) is 43.2 Å². The molecule has 16 heavy (non-hydrogen) atoms. The molecular formula is C12H22N2O2. The average Bonchev–Trinajstić information content (AvgIpc) is 2.83. The summed E-state index contributed by atoms with van der Waals surface area (Å²) in [6.45, 7) is 3.30. The van der Waals surface area contributed by atoms with Gasteiger partial charge in [-0.25, -0.2) is 0 Å². The predicted molar refractivity (Wildman–Crippen MR) is 61.9 cm³/mol. The van der Waals surface area contributed by atoms with E-state index in [0.717, 1.165) is 64.3 Å². The van der Waals surface area contributed by atoms with Gasteiger partial charge >= 0.3 is 0 Å². The van der Waals surface area contributed by atoms with Gasteiger partial charge in [-0.3, -0.25) is 4.79 Å². The van der Waals surface area contributed by atoms with Crippen LogP contribution in [-0.2, 0) is 9.53 Å². The molecule has 0 radical (unpaired) electrons. The van der Waals surface area contributed by atoms with Crippen molar-refractivity contribution in [3.05, 3.63) is 0 Å². The molecule has 2 saturated heterocycles. The summed E-state index contributed by atoms with van der Waals surface area (Å²) in [5.41, 5.74) is 5.55. The molecule has 2 aliphatic rings. The molecule has 92 valence electrons. The Labute approximate surface area is 97.1 Å². The topological polar surface area (TPSA) is 55.6 Å². The minimum Gasteiger partial charge on any atom is -0.368 e. The molecule has 0 saturated carbocycles. The zero-order valence-corrected chi connectivity index (χ0v) is 9.86. The van der Waals surface area contributed by atoms with Crippen LogP contribution in [0, 0.1) is 5.92 Å². The number of hydrogen-bond donors (Lipinski definition) is 1. The zero-order chi connectivity index (χ0) is 11.4. The molecule has 0 aromatic heterocycles. The second kappa shape index (κ2) is 5.64. The molecule has 2 aliphatic heterocycles. The smallest absolute Gasteiger partial charge is 0.251 e. The average molecular weight is 226 g/mol. The van der Waals surface area contributed by atoms with Gasteiger partial charge in [0, 0.05) is 19.7 Å². The third kappa shape index (κ3) is 2.74. The molecule has 0 aliphatic carbocycles. The lowest BCUT2D eigenvalue weighted by atomic mass is 9.93. The highest BCUT2D eigenvalue weighted by atomic mass is 16.5. The first-order valence-electron chi connectivity index (χ1n) is 6.41. The third-order valence-electron chi connectivity index (χ3n) is 3.71. The second-order valence-electron chi connectivity index (χ2n) is 4.85. The van der Waals surface area contributed by atoms with Crippen LogP contribution in [0.2, 0.25) is 0 Å². The van der Waals surface area contributed by atoms with Gasteiger partial charge in [-0.2, -0.15) is 0 Å². The molecule has 1 amide bonds. The summed E-state index contributed by atoms with van der Waals surface area (Å²) < 4.78 is 5.43. The van der Waals surface area contributed by atoms with E-state index in [1.807, 2.05) is 4.90 Å². The molecule has 2 fully saturated rings. The monoisotopic (exact) mass is 226 g/mol. The molecular weight excluding hydrogens is 204 g/mol. The van der Waals surface area contributed by atoms with Crippen LogP contribution >= 0.6 is 0 Å². The lowest BCUT2D eigenvalue weighted by Crippen LogP contribution is -2.43. The number of ether oxygens (including phenoxy) is 1. The molecule has 0 spiro atoms. The number of piperidine rings is 1. The van der Waals surface area contributed by atoms with Crippen LogP contribution in [0.25, 0.3) is 0 Å². The minimum absolute atomic E-state index is 0.147. The Balaban J connectivity index is 1.77. The van der Waals surface area contributed by atoms with Gasteiger partial charge in [-0.15, -0.1) is 0 Å². The van der Waals surface area contributed by atoms with Gasteiger partial charge in [0.2, 0.25) is 0 Å². The molecule has 4 nitrogen and oxygen atoms in total. The summed E-state index contributed by atoms with van der Waals surface area (Å²) >= 11 is 0. The molecule has 0 unspecified atom stereocenters. The van der Waals surface area contributed by atoms with Crippen LogP contribution < -0.4 is 5.73 Å². The Morgan fingerprint density at radius 1 is 1.31 bits per heavy atom. The maximum atomic E-state index is 12.0. The summed E-state index contributed by atoms with van der Waals surface area (Å²) in [7, 11) is 0. The number of carbonyl (C=O) groups excluding carboxylic acids is 1. The highest BCUT2D eigenvalue weighted by Gasteiger charge is 2.30. The molecule has 0 bridgehead atoms. The van der Waals surface area contributed by atoms with Crippen LogP contribution in [0.4, 0.5) is 0 Å². The Hall–Kier alpha value is -0.610. The lowest BCUT2D eigenvalue weighted by molar-refractivity contribution is -0.142. The van der Waals surface area contributed by atoms with Crippen molar-refractivity contribution in [1.29, 1.82) is 0 Å². The molecule has 1 atom stereocenters. The zero-order valence-electron chi connectivity index (χ0n) is 9.86. The molecule has 0 aromatic rings. The number of rotatable bonds is 3. The first-order valence-corrected chi connectivity index (χ1v) is 6.41. The lowest BCUT2D eigenvalue weighted by Gasteiger charge is -2.33. The van der Waals surface area contributed by atoms with Crippen molar-refractivity contribution in [2.24, 2.45) is 11.7 Å². The van der Waals surface area contributed by atoms with Gasteiger partial charge in [0.25, 0.3) is 5.91 Å². The van der Waals surface area contributed by atoms with Crippen LogP contribution in [0.5, 0.6) is 0 Å². The molecule has 0 aromatic carbocycles. The maximum Gasteiger partial charge on any atom is 0.251 e. The Bertz CT molecular complexity index is 231. The van der Waals surface area contributed by atoms with E-state index in [9.17, 15) is 4.79 Å². The van der Waals surface area contributed by atoms with Gasteiger partial charge < -0.3 is 15.4 Å². The van der Waals surface area contributed by atoms with Crippen molar-refractivity contribution in [1.82, 2.24) is 4.90 Å². The van der Waals surface area contributed by atoms with E-state index in [0.29, 0.717) is 0 Å². The normalized spacial score (nSPS) is 27.3. The maximum absolute atomic E-state index is 12.0. The minimum atomic E-state index is -0.147. The van der Waals surface area contributed by atoms with Crippen LogP contribution in [0.3, 0.4) is 0 Å². The van der Waals surface area contributed by atoms with Gasteiger partial charge in [0.15, 0.2) is 0 Å². The number of likely N-dealkylation sites (tertiary alicyclic amines) is 1. The van der Waals surface area contributed by atoms with Gasteiger partial charge in [0.1, 0.15) is 6.10 Å². The number of amides is 1. The van der Waals surface area contributed by atoms with E-state index in [1.54, 1.807) is 0 Å². The molecule has 4 heteroatoms. The summed E-state index contributed by atoms with van der Waals surface area (Å²) in [5.74, 6) is 0.933. The highest BCUT2D eigenvalue weighted by Crippen LogP contribution is 2.22. The third-order valence-corrected chi connectivity index (χ3v) is 3.71. The van der Waals surface area contributed by atoms with E-state index >= 15 is 0 Å². The number of nitrogens with zero attached hydrogens (tertiary/aromatic N) is 1. The van der Waals surface area contributed by atoms with Gasteiger partial charge in [-0.05, 0) is 44.6 Å². The molecule has 2 N–H and O–H groups in total. The largest absolute Gasteiger partial charge is 0.368 e. The van der Waals surface area contributed by atoms with Crippen molar-refractivity contribution in [3.8, 4) is 0 Å². The fourth-order valence-electron chi connectivity index (χ4n) is 2.65. The Kier molecular flexibility index (Phi) is 4.18. The predicted octanol–water partition coefficient (Wildman–Crippen LogP) is 0.753. The van der Waals surface area contributed by atoms with E-state index in [-0.39, 0.29) is 12.0 Å². The Morgan fingerprint density at radius 3 is 2.62 bits per heavy atom. The fourth-order valence-corrected chi connectivity index (χ4v) is 2.65. The summed E-state index contributed by atoms with van der Waals surface area (Å²) in [5, 5.41) is 0. The van der Waals surface area contributed by atoms with Crippen molar-refractivity contribution in [2.45, 2.75) is 38.2 Å². The van der Waals surface area contributed by atoms with E-state index in [4.69, 9.17) is 10.5 Å². The summed E-state index contributed by atoms with van der Waals surface area (Å²) in [6, 6.07) is 0. The number of carbonyl (C=O) groups is 1. The fraction of sp³-hybridized carbons (Fsp3) is 0.917. The quantitative estimate of drug-likeness (QED) is 0.772. The van der Waals surface area contributed by atoms with E-state index < -0.39 is 0 Å². The van der Waals surface area contributed by atoms with Crippen molar-refractivity contribution < 1.29 is 9.53 Å². The molecule has 2 rings (SSSR count). The second-order valence-corrected chi connectivity index (χ2v) is 4.85. The SMILES string of the molecule is NCCC1CCN(C(=O)[C@@H]2CCCO2)CC1. The first kappa shape index (κ1) is 11.9. The van der Waals surface area contributed by atoms with Crippen molar-refractivity contribution in [2.75, 3.05) is 26.2 Å². The summed E-state index contributed by atoms with van der Waals surface area (Å²) in [6.07, 6.45) is 5.10.